The first-order valence-corrected chi connectivity index (χ1v) is 5.29. The number of hydrazine groups is 1. The molecule has 0 aromatic carbocycles. The zero-order valence-corrected chi connectivity index (χ0v) is 9.15. The lowest BCUT2D eigenvalue weighted by Gasteiger charge is -2.15. The van der Waals surface area contributed by atoms with Crippen LogP contribution in [0.2, 0.25) is 0 Å². The molecule has 0 fully saturated rings. The number of nitrogens with zero attached hydrogens (tertiary/aromatic N) is 1. The van der Waals surface area contributed by atoms with E-state index in [1.807, 2.05) is 19.1 Å². The summed E-state index contributed by atoms with van der Waals surface area (Å²) in [7, 11) is 0. The zero-order valence-electron chi connectivity index (χ0n) is 9.15. The molecule has 1 rings (SSSR count). The molecule has 1 heterocycles. The lowest BCUT2D eigenvalue weighted by Crippen LogP contribution is -2.37. The zero-order chi connectivity index (χ0) is 10.9. The second-order valence-electron chi connectivity index (χ2n) is 3.41. The smallest absolute Gasteiger partial charge is 0.0481 e. The molecule has 0 amide bonds. The summed E-state index contributed by atoms with van der Waals surface area (Å²) in [6.45, 7) is 3.50. The molecule has 0 aliphatic heterocycles. The normalized spacial score (nSPS) is 12.7. The molecule has 0 aliphatic carbocycles. The molecule has 0 bridgehead atoms. The van der Waals surface area contributed by atoms with E-state index in [0.29, 0.717) is 0 Å². The van der Waals surface area contributed by atoms with Crippen LogP contribution in [0.15, 0.2) is 24.5 Å². The average molecular weight is 209 g/mol. The van der Waals surface area contributed by atoms with E-state index in [0.717, 1.165) is 26.1 Å². The van der Waals surface area contributed by atoms with Gasteiger partial charge in [0.25, 0.3) is 0 Å². The molecule has 1 aromatic heterocycles. The molecule has 4 heteroatoms. The topological polar surface area (TPSA) is 60.2 Å². The van der Waals surface area contributed by atoms with Gasteiger partial charge in [-0.05, 0) is 37.5 Å². The molecule has 0 saturated heterocycles. The van der Waals surface area contributed by atoms with Crippen LogP contribution in [0.3, 0.4) is 0 Å². The van der Waals surface area contributed by atoms with Crippen LogP contribution in [0.25, 0.3) is 0 Å². The number of aromatic nitrogens is 1. The minimum Gasteiger partial charge on any atom is -0.382 e. The molecule has 15 heavy (non-hydrogen) atoms. The van der Waals surface area contributed by atoms with Crippen molar-refractivity contribution < 1.29 is 4.74 Å². The van der Waals surface area contributed by atoms with Gasteiger partial charge in [0, 0.05) is 31.6 Å². The molecule has 0 aliphatic rings. The van der Waals surface area contributed by atoms with E-state index in [1.165, 1.54) is 5.56 Å². The van der Waals surface area contributed by atoms with Crippen LogP contribution in [0, 0.1) is 0 Å². The Labute approximate surface area is 90.8 Å². The molecule has 0 spiro atoms. The third kappa shape index (κ3) is 4.88. The van der Waals surface area contributed by atoms with Gasteiger partial charge < -0.3 is 4.74 Å². The largest absolute Gasteiger partial charge is 0.382 e. The Kier molecular flexibility index (Phi) is 5.92. The van der Waals surface area contributed by atoms with Crippen molar-refractivity contribution in [1.29, 1.82) is 0 Å². The van der Waals surface area contributed by atoms with Crippen molar-refractivity contribution in [2.75, 3.05) is 13.2 Å². The van der Waals surface area contributed by atoms with Crippen LogP contribution in [0.5, 0.6) is 0 Å². The molecule has 1 aromatic rings. The average Bonchev–Trinajstić information content (AvgIpc) is 2.29. The van der Waals surface area contributed by atoms with Gasteiger partial charge in [0.1, 0.15) is 0 Å². The first kappa shape index (κ1) is 12.1. The maximum absolute atomic E-state index is 5.48. The Morgan fingerprint density at radius 2 is 2.20 bits per heavy atom. The van der Waals surface area contributed by atoms with Crippen molar-refractivity contribution in [1.82, 2.24) is 10.4 Å². The first-order valence-electron chi connectivity index (χ1n) is 5.29. The fourth-order valence-corrected chi connectivity index (χ4v) is 1.42. The Hall–Kier alpha value is -0.970. The molecular formula is C11H19N3O. The van der Waals surface area contributed by atoms with Gasteiger partial charge in [-0.15, -0.1) is 0 Å². The van der Waals surface area contributed by atoms with E-state index in [1.54, 1.807) is 12.4 Å². The Morgan fingerprint density at radius 1 is 1.47 bits per heavy atom. The highest BCUT2D eigenvalue weighted by molar-refractivity contribution is 5.11. The second-order valence-corrected chi connectivity index (χ2v) is 3.41. The SMILES string of the molecule is CCOCCC(Cc1ccncc1)NN. The summed E-state index contributed by atoms with van der Waals surface area (Å²) in [6.07, 6.45) is 5.43. The van der Waals surface area contributed by atoms with Crippen LogP contribution in [0.1, 0.15) is 18.9 Å². The monoisotopic (exact) mass is 209 g/mol. The van der Waals surface area contributed by atoms with Gasteiger partial charge in [-0.1, -0.05) is 0 Å². The van der Waals surface area contributed by atoms with E-state index in [-0.39, 0.29) is 6.04 Å². The fourth-order valence-electron chi connectivity index (χ4n) is 1.42. The van der Waals surface area contributed by atoms with Crippen molar-refractivity contribution in [3.63, 3.8) is 0 Å². The Balaban J connectivity index is 2.33. The minimum absolute atomic E-state index is 0.263. The number of hydrogen-bond donors (Lipinski definition) is 2. The molecule has 0 saturated carbocycles. The number of nitrogens with two attached hydrogens (primary N) is 1. The van der Waals surface area contributed by atoms with Gasteiger partial charge in [0.05, 0.1) is 0 Å². The van der Waals surface area contributed by atoms with Crippen LogP contribution in [0.4, 0.5) is 0 Å². The van der Waals surface area contributed by atoms with Gasteiger partial charge in [0.15, 0.2) is 0 Å². The predicted octanol–water partition coefficient (Wildman–Crippen LogP) is 0.883. The van der Waals surface area contributed by atoms with Crippen molar-refractivity contribution in [2.24, 2.45) is 5.84 Å². The first-order chi connectivity index (χ1) is 7.36. The second kappa shape index (κ2) is 7.34. The Bertz CT molecular complexity index is 253. The molecular weight excluding hydrogens is 190 g/mol. The number of hydrogen-bond acceptors (Lipinski definition) is 4. The van der Waals surface area contributed by atoms with Crippen LogP contribution in [-0.2, 0) is 11.2 Å². The molecule has 1 unspecified atom stereocenters. The number of pyridine rings is 1. The van der Waals surface area contributed by atoms with E-state index >= 15 is 0 Å². The highest BCUT2D eigenvalue weighted by Crippen LogP contribution is 2.04. The summed E-state index contributed by atoms with van der Waals surface area (Å²) in [5.74, 6) is 5.48. The highest BCUT2D eigenvalue weighted by Gasteiger charge is 2.06. The van der Waals surface area contributed by atoms with Gasteiger partial charge >= 0.3 is 0 Å². The van der Waals surface area contributed by atoms with Crippen molar-refractivity contribution >= 4 is 0 Å². The number of ether oxygens (including phenoxy) is 1. The summed E-state index contributed by atoms with van der Waals surface area (Å²) in [5, 5.41) is 0. The third-order valence-electron chi connectivity index (χ3n) is 2.28. The highest BCUT2D eigenvalue weighted by atomic mass is 16.5. The molecule has 84 valence electrons. The quantitative estimate of drug-likeness (QED) is 0.397. The molecule has 4 nitrogen and oxygen atoms in total. The standard InChI is InChI=1S/C11H19N3O/c1-2-15-8-5-11(14-12)9-10-3-6-13-7-4-10/h3-4,6-7,11,14H,2,5,8-9,12H2,1H3. The summed E-state index contributed by atoms with van der Waals surface area (Å²) in [4.78, 5) is 3.98. The van der Waals surface area contributed by atoms with Gasteiger partial charge in [-0.2, -0.15) is 0 Å². The predicted molar refractivity (Wildman–Crippen MR) is 60.2 cm³/mol. The summed E-state index contributed by atoms with van der Waals surface area (Å²) in [6, 6.07) is 4.27. The summed E-state index contributed by atoms with van der Waals surface area (Å²) >= 11 is 0. The molecule has 0 radical (unpaired) electrons. The minimum atomic E-state index is 0.263. The Morgan fingerprint density at radius 3 is 2.80 bits per heavy atom. The molecule has 1 atom stereocenters. The van der Waals surface area contributed by atoms with E-state index < -0.39 is 0 Å². The number of nitrogens with one attached hydrogen (secondary N) is 1. The van der Waals surface area contributed by atoms with Gasteiger partial charge in [-0.3, -0.25) is 16.3 Å². The molecule has 3 N–H and O–H groups in total. The van der Waals surface area contributed by atoms with Crippen LogP contribution in [-0.4, -0.2) is 24.2 Å². The van der Waals surface area contributed by atoms with Crippen molar-refractivity contribution in [3.05, 3.63) is 30.1 Å². The van der Waals surface area contributed by atoms with Gasteiger partial charge in [0.2, 0.25) is 0 Å². The van der Waals surface area contributed by atoms with Crippen molar-refractivity contribution in [2.45, 2.75) is 25.8 Å². The maximum Gasteiger partial charge on any atom is 0.0481 e. The van der Waals surface area contributed by atoms with Crippen LogP contribution >= 0.6 is 0 Å². The number of rotatable bonds is 7. The summed E-state index contributed by atoms with van der Waals surface area (Å²) < 4.78 is 5.30. The lowest BCUT2D eigenvalue weighted by atomic mass is 10.1. The van der Waals surface area contributed by atoms with E-state index in [2.05, 4.69) is 10.4 Å². The van der Waals surface area contributed by atoms with Crippen molar-refractivity contribution in [3.8, 4) is 0 Å². The van der Waals surface area contributed by atoms with Gasteiger partial charge in [-0.25, -0.2) is 0 Å². The van der Waals surface area contributed by atoms with E-state index in [4.69, 9.17) is 10.6 Å². The van der Waals surface area contributed by atoms with Crippen LogP contribution < -0.4 is 11.3 Å². The third-order valence-corrected chi connectivity index (χ3v) is 2.28. The maximum atomic E-state index is 5.48. The fraction of sp³-hybridized carbons (Fsp3) is 0.545. The summed E-state index contributed by atoms with van der Waals surface area (Å²) in [5.41, 5.74) is 4.05. The van der Waals surface area contributed by atoms with E-state index in [9.17, 15) is 0 Å². The lowest BCUT2D eigenvalue weighted by molar-refractivity contribution is 0.136.